The summed E-state index contributed by atoms with van der Waals surface area (Å²) in [5, 5.41) is 0. The lowest BCUT2D eigenvalue weighted by Crippen LogP contribution is -2.38. The standard InChI is InChI=1S/C17H16FNO2/c18-13-7-4-8-14-17(13)21-16-11-19(10-15(16)20-14)9-12-5-2-1-3-6-12/h1-8,15-16H,9-11H2. The molecule has 0 saturated carbocycles. The molecule has 2 heterocycles. The van der Waals surface area contributed by atoms with Crippen molar-refractivity contribution in [2.24, 2.45) is 0 Å². The predicted molar refractivity (Wildman–Crippen MR) is 77.0 cm³/mol. The summed E-state index contributed by atoms with van der Waals surface area (Å²) in [4.78, 5) is 2.29. The van der Waals surface area contributed by atoms with Crippen LogP contribution in [0, 0.1) is 5.82 Å². The van der Waals surface area contributed by atoms with E-state index < -0.39 is 0 Å². The van der Waals surface area contributed by atoms with E-state index in [1.807, 2.05) is 18.2 Å². The molecule has 1 fully saturated rings. The van der Waals surface area contributed by atoms with Crippen LogP contribution in [0.15, 0.2) is 48.5 Å². The summed E-state index contributed by atoms with van der Waals surface area (Å²) in [5.41, 5.74) is 1.26. The van der Waals surface area contributed by atoms with Gasteiger partial charge in [-0.05, 0) is 17.7 Å². The van der Waals surface area contributed by atoms with E-state index in [1.54, 1.807) is 12.1 Å². The average molecular weight is 285 g/mol. The molecule has 4 heteroatoms. The summed E-state index contributed by atoms with van der Waals surface area (Å²) in [6.07, 6.45) is -0.124. The van der Waals surface area contributed by atoms with Crippen LogP contribution in [0.3, 0.4) is 0 Å². The maximum absolute atomic E-state index is 13.8. The molecule has 0 bridgehead atoms. The SMILES string of the molecule is Fc1cccc2c1OC1CN(Cc3ccccc3)CC1O2. The van der Waals surface area contributed by atoms with E-state index in [4.69, 9.17) is 9.47 Å². The number of para-hydroxylation sites is 1. The van der Waals surface area contributed by atoms with Gasteiger partial charge in [0.2, 0.25) is 0 Å². The third kappa shape index (κ3) is 2.36. The fourth-order valence-electron chi connectivity index (χ4n) is 3.03. The number of halogens is 1. The van der Waals surface area contributed by atoms with Crippen LogP contribution < -0.4 is 9.47 Å². The van der Waals surface area contributed by atoms with Gasteiger partial charge in [0.15, 0.2) is 17.3 Å². The second-order valence-electron chi connectivity index (χ2n) is 5.56. The summed E-state index contributed by atoms with van der Waals surface area (Å²) in [6, 6.07) is 15.1. The molecule has 2 aliphatic heterocycles. The molecule has 2 aromatic rings. The van der Waals surface area contributed by atoms with Gasteiger partial charge in [-0.15, -0.1) is 0 Å². The molecule has 4 rings (SSSR count). The van der Waals surface area contributed by atoms with Gasteiger partial charge in [0.1, 0.15) is 12.2 Å². The first-order valence-electron chi connectivity index (χ1n) is 7.18. The van der Waals surface area contributed by atoms with Crippen molar-refractivity contribution in [3.63, 3.8) is 0 Å². The molecular formula is C17H16FNO2. The Hall–Kier alpha value is -2.07. The Morgan fingerprint density at radius 3 is 2.52 bits per heavy atom. The Balaban J connectivity index is 1.49. The van der Waals surface area contributed by atoms with Crippen molar-refractivity contribution in [1.29, 1.82) is 0 Å². The smallest absolute Gasteiger partial charge is 0.197 e. The highest BCUT2D eigenvalue weighted by atomic mass is 19.1. The van der Waals surface area contributed by atoms with Crippen LogP contribution in [0.25, 0.3) is 0 Å². The van der Waals surface area contributed by atoms with Crippen LogP contribution in [0.5, 0.6) is 11.5 Å². The summed E-state index contributed by atoms with van der Waals surface area (Å²) in [6.45, 7) is 2.42. The fourth-order valence-corrected chi connectivity index (χ4v) is 3.03. The molecule has 2 aliphatic rings. The van der Waals surface area contributed by atoms with Crippen LogP contribution in [0.1, 0.15) is 5.56 Å². The third-order valence-corrected chi connectivity index (χ3v) is 4.02. The number of ether oxygens (including phenoxy) is 2. The highest BCUT2D eigenvalue weighted by Crippen LogP contribution is 2.38. The molecule has 0 aromatic heterocycles. The predicted octanol–water partition coefficient (Wildman–Crippen LogP) is 2.85. The van der Waals surface area contributed by atoms with E-state index in [0.717, 1.165) is 19.6 Å². The molecule has 3 nitrogen and oxygen atoms in total. The second-order valence-corrected chi connectivity index (χ2v) is 5.56. The average Bonchev–Trinajstić information content (AvgIpc) is 2.88. The van der Waals surface area contributed by atoms with Crippen LogP contribution in [-0.2, 0) is 6.54 Å². The molecule has 0 spiro atoms. The van der Waals surface area contributed by atoms with E-state index in [-0.39, 0.29) is 23.8 Å². The Labute approximate surface area is 122 Å². The van der Waals surface area contributed by atoms with E-state index in [2.05, 4.69) is 17.0 Å². The molecule has 0 radical (unpaired) electrons. The lowest BCUT2D eigenvalue weighted by molar-refractivity contribution is 0.0510. The molecule has 2 atom stereocenters. The molecular weight excluding hydrogens is 269 g/mol. The van der Waals surface area contributed by atoms with Gasteiger partial charge >= 0.3 is 0 Å². The topological polar surface area (TPSA) is 21.7 Å². The van der Waals surface area contributed by atoms with Gasteiger partial charge in [-0.1, -0.05) is 36.4 Å². The first-order chi connectivity index (χ1) is 10.3. The van der Waals surface area contributed by atoms with Gasteiger partial charge in [0, 0.05) is 19.6 Å². The van der Waals surface area contributed by atoms with Crippen molar-refractivity contribution in [1.82, 2.24) is 4.90 Å². The lowest BCUT2D eigenvalue weighted by Gasteiger charge is -2.28. The van der Waals surface area contributed by atoms with Gasteiger partial charge in [-0.25, -0.2) is 4.39 Å². The van der Waals surface area contributed by atoms with Crippen LogP contribution >= 0.6 is 0 Å². The molecule has 0 aliphatic carbocycles. The van der Waals surface area contributed by atoms with Crippen molar-refractivity contribution in [2.45, 2.75) is 18.8 Å². The summed E-state index contributed by atoms with van der Waals surface area (Å²) < 4.78 is 25.5. The van der Waals surface area contributed by atoms with Crippen molar-refractivity contribution in [3.8, 4) is 11.5 Å². The molecule has 1 saturated heterocycles. The third-order valence-electron chi connectivity index (χ3n) is 4.02. The maximum Gasteiger partial charge on any atom is 0.197 e. The lowest BCUT2D eigenvalue weighted by atomic mass is 10.2. The highest BCUT2D eigenvalue weighted by Gasteiger charge is 2.40. The van der Waals surface area contributed by atoms with Crippen LogP contribution in [0.2, 0.25) is 0 Å². The molecule has 108 valence electrons. The normalized spacial score (nSPS) is 23.9. The van der Waals surface area contributed by atoms with Gasteiger partial charge < -0.3 is 9.47 Å². The van der Waals surface area contributed by atoms with Gasteiger partial charge in [0.05, 0.1) is 0 Å². The van der Waals surface area contributed by atoms with Crippen molar-refractivity contribution >= 4 is 0 Å². The Morgan fingerprint density at radius 2 is 1.71 bits per heavy atom. The number of hydrogen-bond acceptors (Lipinski definition) is 3. The van der Waals surface area contributed by atoms with E-state index in [1.165, 1.54) is 11.6 Å². The minimum absolute atomic E-state index is 0.0250. The van der Waals surface area contributed by atoms with Crippen molar-refractivity contribution in [3.05, 3.63) is 59.9 Å². The van der Waals surface area contributed by atoms with Gasteiger partial charge in [-0.3, -0.25) is 4.90 Å². The quantitative estimate of drug-likeness (QED) is 0.847. The first-order valence-corrected chi connectivity index (χ1v) is 7.18. The highest BCUT2D eigenvalue weighted by molar-refractivity contribution is 5.43. The largest absolute Gasteiger partial charge is 0.481 e. The molecule has 0 N–H and O–H groups in total. The van der Waals surface area contributed by atoms with Crippen LogP contribution in [0.4, 0.5) is 4.39 Å². The zero-order valence-electron chi connectivity index (χ0n) is 11.5. The maximum atomic E-state index is 13.8. The molecule has 2 aromatic carbocycles. The zero-order chi connectivity index (χ0) is 14.2. The second kappa shape index (κ2) is 5.04. The van der Waals surface area contributed by atoms with Gasteiger partial charge in [0.25, 0.3) is 0 Å². The number of rotatable bonds is 2. The number of fused-ring (bicyclic) bond motifs is 2. The summed E-state index contributed by atoms with van der Waals surface area (Å²) in [7, 11) is 0. The van der Waals surface area contributed by atoms with E-state index >= 15 is 0 Å². The Morgan fingerprint density at radius 1 is 0.952 bits per heavy atom. The number of nitrogens with zero attached hydrogens (tertiary/aromatic N) is 1. The first kappa shape index (κ1) is 12.7. The van der Waals surface area contributed by atoms with Crippen molar-refractivity contribution < 1.29 is 13.9 Å². The summed E-state index contributed by atoms with van der Waals surface area (Å²) in [5.74, 6) is 0.408. The van der Waals surface area contributed by atoms with E-state index in [0.29, 0.717) is 5.75 Å². The van der Waals surface area contributed by atoms with Crippen molar-refractivity contribution in [2.75, 3.05) is 13.1 Å². The van der Waals surface area contributed by atoms with Gasteiger partial charge in [-0.2, -0.15) is 0 Å². The monoisotopic (exact) mass is 285 g/mol. The number of hydrogen-bond donors (Lipinski definition) is 0. The fraction of sp³-hybridized carbons (Fsp3) is 0.294. The Kier molecular flexibility index (Phi) is 3.04. The summed E-state index contributed by atoms with van der Waals surface area (Å²) >= 11 is 0. The minimum atomic E-state index is -0.354. The number of likely N-dealkylation sites (tertiary alicyclic amines) is 1. The molecule has 0 amide bonds. The van der Waals surface area contributed by atoms with Crippen LogP contribution in [-0.4, -0.2) is 30.2 Å². The molecule has 21 heavy (non-hydrogen) atoms. The van der Waals surface area contributed by atoms with E-state index in [9.17, 15) is 4.39 Å². The molecule has 2 unspecified atom stereocenters. The Bertz CT molecular complexity index is 646. The minimum Gasteiger partial charge on any atom is -0.481 e. The number of benzene rings is 2. The zero-order valence-corrected chi connectivity index (χ0v) is 11.5.